The second-order valence-corrected chi connectivity index (χ2v) is 7.41. The Morgan fingerprint density at radius 2 is 2.11 bits per heavy atom. The summed E-state index contributed by atoms with van der Waals surface area (Å²) in [7, 11) is 1.36. The smallest absolute Gasteiger partial charge is 0.312 e. The van der Waals surface area contributed by atoms with Crippen molar-refractivity contribution in [2.75, 3.05) is 13.7 Å². The van der Waals surface area contributed by atoms with Gasteiger partial charge in [-0.15, -0.1) is 0 Å². The number of esters is 1. The van der Waals surface area contributed by atoms with Gasteiger partial charge in [0.25, 0.3) is 5.69 Å². The number of carbonyl (C=O) groups excluding carboxylic acids is 2. The van der Waals surface area contributed by atoms with Crippen LogP contribution < -0.4 is 0 Å². The fourth-order valence-corrected chi connectivity index (χ4v) is 4.93. The van der Waals surface area contributed by atoms with E-state index >= 15 is 0 Å². The van der Waals surface area contributed by atoms with Crippen LogP contribution in [0.2, 0.25) is 0 Å². The molecule has 1 aliphatic carbocycles. The molecule has 7 heteroatoms. The molecule has 0 amide bonds. The number of ketones is 1. The fourth-order valence-electron chi connectivity index (χ4n) is 4.93. The molecule has 2 heterocycles. The summed E-state index contributed by atoms with van der Waals surface area (Å²) in [6.45, 7) is 0.824. The van der Waals surface area contributed by atoms with E-state index in [9.17, 15) is 19.7 Å². The van der Waals surface area contributed by atoms with Gasteiger partial charge in [-0.2, -0.15) is 0 Å². The van der Waals surface area contributed by atoms with E-state index < -0.39 is 16.8 Å². The lowest BCUT2D eigenvalue weighted by Crippen LogP contribution is -2.47. The van der Waals surface area contributed by atoms with E-state index in [1.165, 1.54) is 19.2 Å². The lowest BCUT2D eigenvalue weighted by atomic mass is 9.70. The first kappa shape index (κ1) is 17.7. The topological polar surface area (TPSA) is 89.7 Å². The molecule has 3 aliphatic rings. The largest absolute Gasteiger partial charge is 0.469 e. The minimum atomic E-state index is -0.608. The summed E-state index contributed by atoms with van der Waals surface area (Å²) in [5.41, 5.74) is 2.44. The van der Waals surface area contributed by atoms with E-state index in [1.807, 2.05) is 0 Å². The molecule has 1 saturated heterocycles. The highest BCUT2D eigenvalue weighted by molar-refractivity contribution is 5.97. The average Bonchev–Trinajstić information content (AvgIpc) is 3.18. The maximum absolute atomic E-state index is 13.4. The van der Waals surface area contributed by atoms with Crippen molar-refractivity contribution < 1.29 is 19.2 Å². The second kappa shape index (κ2) is 6.79. The molecule has 0 N–H and O–H groups in total. The molecule has 1 aromatic rings. The molecule has 2 aliphatic heterocycles. The molecule has 142 valence electrons. The molecule has 0 radical (unpaired) electrons. The minimum Gasteiger partial charge on any atom is -0.469 e. The zero-order valence-corrected chi connectivity index (χ0v) is 15.2. The summed E-state index contributed by atoms with van der Waals surface area (Å²) in [5.74, 6) is -1.36. The lowest BCUT2D eigenvalue weighted by Gasteiger charge is -2.43. The van der Waals surface area contributed by atoms with E-state index in [4.69, 9.17) is 4.74 Å². The molecule has 3 atom stereocenters. The Balaban J connectivity index is 1.88. The fraction of sp³-hybridized carbons (Fsp3) is 0.500. The molecule has 3 unspecified atom stereocenters. The number of hydrogen-bond acceptors (Lipinski definition) is 6. The molecular formula is C20H22N2O5. The van der Waals surface area contributed by atoms with Gasteiger partial charge in [0.1, 0.15) is 0 Å². The summed E-state index contributed by atoms with van der Waals surface area (Å²) in [6.07, 6.45) is 4.08. The first-order chi connectivity index (χ1) is 13.0. The van der Waals surface area contributed by atoms with Crippen molar-refractivity contribution in [3.63, 3.8) is 0 Å². The Bertz CT molecular complexity index is 847. The van der Waals surface area contributed by atoms with E-state index in [2.05, 4.69) is 4.90 Å². The van der Waals surface area contributed by atoms with Crippen LogP contribution in [0.5, 0.6) is 0 Å². The van der Waals surface area contributed by atoms with Crippen molar-refractivity contribution in [3.8, 4) is 0 Å². The van der Waals surface area contributed by atoms with Crippen LogP contribution in [-0.4, -0.2) is 41.3 Å². The van der Waals surface area contributed by atoms with Gasteiger partial charge in [0.2, 0.25) is 0 Å². The van der Waals surface area contributed by atoms with Crippen LogP contribution in [0, 0.1) is 16.0 Å². The number of rotatable bonds is 3. The summed E-state index contributed by atoms with van der Waals surface area (Å²) in [4.78, 5) is 38.8. The van der Waals surface area contributed by atoms with E-state index in [-0.39, 0.29) is 23.5 Å². The van der Waals surface area contributed by atoms with Gasteiger partial charge in [-0.1, -0.05) is 12.1 Å². The number of ether oxygens (including phenoxy) is 1. The number of benzene rings is 1. The SMILES string of the molecule is COC(=O)C1CCCC2=C1C(c1cccc([N+](=O)[O-])c1)C(=O)C1CCCN21. The molecule has 1 fully saturated rings. The van der Waals surface area contributed by atoms with Crippen LogP contribution in [0.4, 0.5) is 5.69 Å². The lowest BCUT2D eigenvalue weighted by molar-refractivity contribution is -0.384. The van der Waals surface area contributed by atoms with Crippen LogP contribution in [-0.2, 0) is 14.3 Å². The van der Waals surface area contributed by atoms with Gasteiger partial charge in [0.05, 0.1) is 29.9 Å². The number of nitro benzene ring substituents is 1. The molecule has 1 aromatic carbocycles. The molecule has 0 saturated carbocycles. The standard InChI is InChI=1S/C20H22N2O5/c1-27-20(24)14-7-3-8-15-18(14)17(19(23)16-9-4-10-21(15)16)12-5-2-6-13(11-12)22(25)26/h2,5-6,11,14,16-17H,3-4,7-10H2,1H3. The number of allylic oxidation sites excluding steroid dienone is 1. The van der Waals surface area contributed by atoms with Gasteiger partial charge >= 0.3 is 5.97 Å². The predicted octanol–water partition coefficient (Wildman–Crippen LogP) is 2.95. The zero-order chi connectivity index (χ0) is 19.1. The molecule has 0 bridgehead atoms. The molecule has 0 spiro atoms. The van der Waals surface area contributed by atoms with Gasteiger partial charge in [-0.3, -0.25) is 19.7 Å². The quantitative estimate of drug-likeness (QED) is 0.462. The van der Waals surface area contributed by atoms with E-state index in [0.29, 0.717) is 12.0 Å². The first-order valence-corrected chi connectivity index (χ1v) is 9.38. The number of non-ortho nitro benzene ring substituents is 1. The Morgan fingerprint density at radius 3 is 2.85 bits per heavy atom. The number of carbonyl (C=O) groups is 2. The van der Waals surface area contributed by atoms with Crippen LogP contribution in [0.15, 0.2) is 35.5 Å². The van der Waals surface area contributed by atoms with Crippen molar-refractivity contribution in [2.24, 2.45) is 5.92 Å². The highest BCUT2D eigenvalue weighted by atomic mass is 16.6. The van der Waals surface area contributed by atoms with Crippen LogP contribution in [0.25, 0.3) is 0 Å². The third kappa shape index (κ3) is 2.81. The summed E-state index contributed by atoms with van der Waals surface area (Å²) < 4.78 is 5.02. The van der Waals surface area contributed by atoms with Gasteiger partial charge < -0.3 is 9.64 Å². The maximum Gasteiger partial charge on any atom is 0.312 e. The number of nitro groups is 1. The number of nitrogens with zero attached hydrogens (tertiary/aromatic N) is 2. The molecule has 0 aromatic heterocycles. The third-order valence-electron chi connectivity index (χ3n) is 6.04. The molecule has 4 rings (SSSR count). The summed E-state index contributed by atoms with van der Waals surface area (Å²) in [6, 6.07) is 6.07. The van der Waals surface area contributed by atoms with E-state index in [0.717, 1.165) is 43.5 Å². The van der Waals surface area contributed by atoms with Crippen LogP contribution in [0.3, 0.4) is 0 Å². The normalized spacial score (nSPS) is 27.2. The number of fused-ring (bicyclic) bond motifs is 2. The Morgan fingerprint density at radius 1 is 1.30 bits per heavy atom. The van der Waals surface area contributed by atoms with Crippen molar-refractivity contribution in [1.29, 1.82) is 0 Å². The Hall–Kier alpha value is -2.70. The predicted molar refractivity (Wildman–Crippen MR) is 97.0 cm³/mol. The van der Waals surface area contributed by atoms with Crippen LogP contribution >= 0.6 is 0 Å². The number of hydrogen-bond donors (Lipinski definition) is 0. The average molecular weight is 370 g/mol. The van der Waals surface area contributed by atoms with Gasteiger partial charge in [0.15, 0.2) is 5.78 Å². The van der Waals surface area contributed by atoms with Crippen molar-refractivity contribution in [1.82, 2.24) is 4.90 Å². The van der Waals surface area contributed by atoms with Gasteiger partial charge in [-0.25, -0.2) is 0 Å². The van der Waals surface area contributed by atoms with Crippen LogP contribution in [0.1, 0.15) is 43.6 Å². The Labute approximate surface area is 157 Å². The van der Waals surface area contributed by atoms with Crippen molar-refractivity contribution in [3.05, 3.63) is 51.2 Å². The van der Waals surface area contributed by atoms with Crippen molar-refractivity contribution >= 4 is 17.4 Å². The number of methoxy groups -OCH3 is 1. The summed E-state index contributed by atoms with van der Waals surface area (Å²) >= 11 is 0. The maximum atomic E-state index is 13.4. The minimum absolute atomic E-state index is 0.0401. The molecule has 27 heavy (non-hydrogen) atoms. The monoisotopic (exact) mass is 370 g/mol. The second-order valence-electron chi connectivity index (χ2n) is 7.41. The highest BCUT2D eigenvalue weighted by Gasteiger charge is 2.48. The van der Waals surface area contributed by atoms with Gasteiger partial charge in [-0.05, 0) is 43.2 Å². The first-order valence-electron chi connectivity index (χ1n) is 9.38. The Kier molecular flexibility index (Phi) is 4.45. The zero-order valence-electron chi connectivity index (χ0n) is 15.2. The summed E-state index contributed by atoms with van der Waals surface area (Å²) in [5, 5.41) is 11.2. The molecule has 7 nitrogen and oxygen atoms in total. The number of Topliss-reactive ketones (excluding diaryl/α,β-unsaturated/α-hetero) is 1. The molecular weight excluding hydrogens is 348 g/mol. The van der Waals surface area contributed by atoms with E-state index in [1.54, 1.807) is 12.1 Å². The van der Waals surface area contributed by atoms with Gasteiger partial charge in [0, 0.05) is 24.4 Å². The highest BCUT2D eigenvalue weighted by Crippen LogP contribution is 2.48. The van der Waals surface area contributed by atoms with Crippen molar-refractivity contribution in [2.45, 2.75) is 44.1 Å². The third-order valence-corrected chi connectivity index (χ3v) is 6.04.